The molecule has 5 nitrogen and oxygen atoms in total. The summed E-state index contributed by atoms with van der Waals surface area (Å²) in [5.74, 6) is 0.871. The zero-order valence-electron chi connectivity index (χ0n) is 17.4. The molecular weight excluding hydrogens is 511 g/mol. The zero-order chi connectivity index (χ0) is 20.5. The van der Waals surface area contributed by atoms with Crippen molar-refractivity contribution < 1.29 is 4.79 Å². The fourth-order valence-corrected chi connectivity index (χ4v) is 3.57. The molecule has 0 spiro atoms. The van der Waals surface area contributed by atoms with Gasteiger partial charge in [0.1, 0.15) is 0 Å². The third-order valence-electron chi connectivity index (χ3n) is 5.01. The molecule has 162 valence electrons. The summed E-state index contributed by atoms with van der Waals surface area (Å²) >= 11 is 6.22. The van der Waals surface area contributed by atoms with Crippen LogP contribution in [0.5, 0.6) is 0 Å². The molecule has 2 aromatic carbocycles. The molecule has 0 atom stereocenters. The Morgan fingerprint density at radius 2 is 1.73 bits per heavy atom. The minimum absolute atomic E-state index is 0. The van der Waals surface area contributed by atoms with Gasteiger partial charge in [-0.25, -0.2) is 4.99 Å². The molecule has 0 saturated carbocycles. The molecule has 1 aliphatic heterocycles. The van der Waals surface area contributed by atoms with E-state index in [4.69, 9.17) is 11.6 Å². The van der Waals surface area contributed by atoms with Crippen LogP contribution in [0, 0.1) is 0 Å². The largest absolute Gasteiger partial charge is 0.357 e. The second kappa shape index (κ2) is 12.8. The molecule has 0 aromatic heterocycles. The average Bonchev–Trinajstić information content (AvgIpc) is 2.77. The number of benzene rings is 2. The van der Waals surface area contributed by atoms with Crippen molar-refractivity contribution in [3.05, 3.63) is 70.2 Å². The molecule has 1 saturated heterocycles. The number of hydrogen-bond donors (Lipinski definition) is 2. The first-order valence-electron chi connectivity index (χ1n) is 10.3. The Morgan fingerprint density at radius 1 is 1.03 bits per heavy atom. The van der Waals surface area contributed by atoms with Crippen LogP contribution in [-0.2, 0) is 13.1 Å². The monoisotopic (exact) mass is 540 g/mol. The first-order chi connectivity index (χ1) is 14.2. The van der Waals surface area contributed by atoms with E-state index in [1.54, 1.807) is 0 Å². The number of guanidine groups is 1. The van der Waals surface area contributed by atoms with E-state index in [0.29, 0.717) is 13.1 Å². The summed E-state index contributed by atoms with van der Waals surface area (Å²) in [5.41, 5.74) is 2.85. The van der Waals surface area contributed by atoms with E-state index in [0.717, 1.165) is 60.1 Å². The third-order valence-corrected chi connectivity index (χ3v) is 5.38. The van der Waals surface area contributed by atoms with Gasteiger partial charge in [-0.05, 0) is 55.5 Å². The number of carbonyl (C=O) groups excluding carboxylic acids is 1. The second-order valence-electron chi connectivity index (χ2n) is 7.19. The molecule has 0 bridgehead atoms. The second-order valence-corrected chi connectivity index (χ2v) is 7.60. The van der Waals surface area contributed by atoms with Gasteiger partial charge >= 0.3 is 0 Å². The van der Waals surface area contributed by atoms with Gasteiger partial charge < -0.3 is 15.5 Å². The smallest absolute Gasteiger partial charge is 0.253 e. The predicted octanol–water partition coefficient (Wildman–Crippen LogP) is 4.84. The normalized spacial score (nSPS) is 14.1. The average molecular weight is 541 g/mol. The lowest BCUT2D eigenvalue weighted by Gasteiger charge is -2.26. The van der Waals surface area contributed by atoms with E-state index in [1.807, 2.05) is 60.4 Å². The number of amides is 1. The number of hydrogen-bond acceptors (Lipinski definition) is 2. The van der Waals surface area contributed by atoms with E-state index in [-0.39, 0.29) is 29.9 Å². The van der Waals surface area contributed by atoms with Crippen molar-refractivity contribution in [2.24, 2.45) is 4.99 Å². The van der Waals surface area contributed by atoms with Crippen LogP contribution in [-0.4, -0.2) is 36.4 Å². The Morgan fingerprint density at radius 3 is 2.40 bits per heavy atom. The number of nitrogens with one attached hydrogen (secondary N) is 2. The Labute approximate surface area is 201 Å². The summed E-state index contributed by atoms with van der Waals surface area (Å²) in [4.78, 5) is 19.2. The SMILES string of the molecule is CCNC(=NCc1ccc(C(=O)N2CCCCC2)cc1)NCc1ccccc1Cl.I. The van der Waals surface area contributed by atoms with Crippen LogP contribution >= 0.6 is 35.6 Å². The van der Waals surface area contributed by atoms with Crippen molar-refractivity contribution in [1.82, 2.24) is 15.5 Å². The van der Waals surface area contributed by atoms with E-state index >= 15 is 0 Å². The van der Waals surface area contributed by atoms with Crippen molar-refractivity contribution in [2.75, 3.05) is 19.6 Å². The quantitative estimate of drug-likeness (QED) is 0.313. The van der Waals surface area contributed by atoms with Crippen molar-refractivity contribution in [1.29, 1.82) is 0 Å². The summed E-state index contributed by atoms with van der Waals surface area (Å²) in [6.07, 6.45) is 3.43. The molecule has 0 radical (unpaired) electrons. The van der Waals surface area contributed by atoms with Gasteiger partial charge in [0.15, 0.2) is 5.96 Å². The number of aliphatic imine (C=N–C) groups is 1. The Balaban J connectivity index is 0.00000320. The highest BCUT2D eigenvalue weighted by Gasteiger charge is 2.17. The zero-order valence-corrected chi connectivity index (χ0v) is 20.5. The Bertz CT molecular complexity index is 835. The molecule has 1 fully saturated rings. The van der Waals surface area contributed by atoms with Crippen molar-refractivity contribution in [2.45, 2.75) is 39.3 Å². The summed E-state index contributed by atoms with van der Waals surface area (Å²) in [7, 11) is 0. The number of nitrogens with zero attached hydrogens (tertiary/aromatic N) is 2. The van der Waals surface area contributed by atoms with E-state index in [2.05, 4.69) is 15.6 Å². The minimum atomic E-state index is 0. The van der Waals surface area contributed by atoms with E-state index in [9.17, 15) is 4.79 Å². The van der Waals surface area contributed by atoms with Gasteiger partial charge in [-0.1, -0.05) is 41.9 Å². The molecule has 7 heteroatoms. The van der Waals surface area contributed by atoms with E-state index < -0.39 is 0 Å². The van der Waals surface area contributed by atoms with Crippen molar-refractivity contribution >= 4 is 47.4 Å². The maximum Gasteiger partial charge on any atom is 0.253 e. The van der Waals surface area contributed by atoms with Crippen molar-refractivity contribution in [3.63, 3.8) is 0 Å². The lowest BCUT2D eigenvalue weighted by molar-refractivity contribution is 0.0724. The third kappa shape index (κ3) is 7.16. The van der Waals surface area contributed by atoms with Crippen LogP contribution in [0.4, 0.5) is 0 Å². The molecule has 0 aliphatic carbocycles. The lowest BCUT2D eigenvalue weighted by atomic mass is 10.1. The molecular formula is C23H30ClIN4O. The molecule has 3 rings (SSSR count). The number of likely N-dealkylation sites (tertiary alicyclic amines) is 1. The highest BCUT2D eigenvalue weighted by atomic mass is 127. The van der Waals surface area contributed by atoms with Gasteiger partial charge in [0.25, 0.3) is 5.91 Å². The standard InChI is InChI=1S/C23H29ClN4O.HI/c1-2-25-23(27-17-20-8-4-5-9-21(20)24)26-16-18-10-12-19(13-11-18)22(29)28-14-6-3-7-15-28;/h4-5,8-13H,2-3,6-7,14-17H2,1H3,(H2,25,26,27);1H. The highest BCUT2D eigenvalue weighted by molar-refractivity contribution is 14.0. The molecule has 30 heavy (non-hydrogen) atoms. The predicted molar refractivity (Wildman–Crippen MR) is 135 cm³/mol. The molecule has 1 heterocycles. The number of piperidine rings is 1. The Kier molecular flexibility index (Phi) is 10.4. The highest BCUT2D eigenvalue weighted by Crippen LogP contribution is 2.15. The summed E-state index contributed by atoms with van der Waals surface area (Å²) < 4.78 is 0. The number of halogens is 2. The first-order valence-corrected chi connectivity index (χ1v) is 10.7. The van der Waals surface area contributed by atoms with Gasteiger partial charge in [0.2, 0.25) is 0 Å². The first kappa shape index (κ1) is 24.5. The maximum atomic E-state index is 12.6. The fraction of sp³-hybridized carbons (Fsp3) is 0.391. The summed E-state index contributed by atoms with van der Waals surface area (Å²) in [6.45, 7) is 5.69. The van der Waals surface area contributed by atoms with Crippen LogP contribution in [0.15, 0.2) is 53.5 Å². The van der Waals surface area contributed by atoms with Gasteiger partial charge in [-0.2, -0.15) is 0 Å². The minimum Gasteiger partial charge on any atom is -0.357 e. The topological polar surface area (TPSA) is 56.7 Å². The van der Waals surface area contributed by atoms with Crippen LogP contribution in [0.2, 0.25) is 5.02 Å². The van der Waals surface area contributed by atoms with Crippen LogP contribution in [0.25, 0.3) is 0 Å². The molecule has 2 N–H and O–H groups in total. The Hall–Kier alpha value is -1.80. The molecule has 1 aliphatic rings. The maximum absolute atomic E-state index is 12.6. The summed E-state index contributed by atoms with van der Waals surface area (Å²) in [6, 6.07) is 15.6. The van der Waals surface area contributed by atoms with Crippen LogP contribution in [0.3, 0.4) is 0 Å². The molecule has 0 unspecified atom stereocenters. The van der Waals surface area contributed by atoms with Crippen LogP contribution < -0.4 is 10.6 Å². The van der Waals surface area contributed by atoms with Gasteiger partial charge in [-0.15, -0.1) is 24.0 Å². The van der Waals surface area contributed by atoms with Gasteiger partial charge in [-0.3, -0.25) is 4.79 Å². The van der Waals surface area contributed by atoms with Crippen molar-refractivity contribution in [3.8, 4) is 0 Å². The van der Waals surface area contributed by atoms with Gasteiger partial charge in [0.05, 0.1) is 6.54 Å². The lowest BCUT2D eigenvalue weighted by Crippen LogP contribution is -2.36. The fourth-order valence-electron chi connectivity index (χ4n) is 3.37. The molecule has 1 amide bonds. The molecule has 2 aromatic rings. The number of rotatable bonds is 6. The number of carbonyl (C=O) groups is 1. The summed E-state index contributed by atoms with van der Waals surface area (Å²) in [5, 5.41) is 7.31. The van der Waals surface area contributed by atoms with Crippen LogP contribution in [0.1, 0.15) is 47.7 Å². The van der Waals surface area contributed by atoms with E-state index in [1.165, 1.54) is 6.42 Å². The van der Waals surface area contributed by atoms with Gasteiger partial charge in [0, 0.05) is 36.8 Å².